The van der Waals surface area contributed by atoms with Crippen LogP contribution in [0, 0.1) is 0 Å². The zero-order valence-corrected chi connectivity index (χ0v) is 15.6. The van der Waals surface area contributed by atoms with E-state index >= 15 is 0 Å². The number of carboxylic acid groups (broad SMARTS) is 1. The van der Waals surface area contributed by atoms with E-state index in [1.807, 2.05) is 6.07 Å². The Morgan fingerprint density at radius 3 is 2.29 bits per heavy atom. The number of carbonyl (C=O) groups excluding carboxylic acids is 2. The number of carboxylic acids is 1. The van der Waals surface area contributed by atoms with Crippen molar-refractivity contribution in [1.29, 1.82) is 0 Å². The van der Waals surface area contributed by atoms with E-state index < -0.39 is 23.8 Å². The highest BCUT2D eigenvalue weighted by atomic mass is 16.5. The first-order valence-electron chi connectivity index (χ1n) is 8.51. The van der Waals surface area contributed by atoms with Gasteiger partial charge in [0, 0.05) is 12.0 Å². The number of carbonyl (C=O) groups is 3. The lowest BCUT2D eigenvalue weighted by atomic mass is 10.1. The minimum absolute atomic E-state index is 0.144. The van der Waals surface area contributed by atoms with E-state index in [-0.39, 0.29) is 18.5 Å². The maximum absolute atomic E-state index is 12.2. The standard InChI is InChI=1S/C20H22N2O6/c1-27-16-9-8-14(11-17(16)28-2)19(24)21-12-18(23)22-15(20(25)26)10-13-6-4-3-5-7-13/h3-9,11,15H,10,12H2,1-2H3,(H,21,24)(H,22,23)(H,25,26)/t15-/m1/s1. The molecule has 0 aliphatic carbocycles. The number of hydrogen-bond acceptors (Lipinski definition) is 5. The Morgan fingerprint density at radius 2 is 1.68 bits per heavy atom. The van der Waals surface area contributed by atoms with Gasteiger partial charge in [0.15, 0.2) is 11.5 Å². The van der Waals surface area contributed by atoms with Crippen molar-refractivity contribution in [3.8, 4) is 11.5 Å². The molecule has 0 bridgehead atoms. The Kier molecular flexibility index (Phi) is 7.38. The van der Waals surface area contributed by atoms with Crippen LogP contribution in [0.2, 0.25) is 0 Å². The molecule has 0 aromatic heterocycles. The molecule has 0 aliphatic rings. The second-order valence-corrected chi connectivity index (χ2v) is 5.90. The van der Waals surface area contributed by atoms with Crippen LogP contribution >= 0.6 is 0 Å². The molecule has 0 radical (unpaired) electrons. The molecule has 28 heavy (non-hydrogen) atoms. The summed E-state index contributed by atoms with van der Waals surface area (Å²) in [4.78, 5) is 35.7. The van der Waals surface area contributed by atoms with Gasteiger partial charge in [-0.2, -0.15) is 0 Å². The Morgan fingerprint density at radius 1 is 1.00 bits per heavy atom. The molecule has 2 rings (SSSR count). The van der Waals surface area contributed by atoms with Gasteiger partial charge in [-0.3, -0.25) is 9.59 Å². The van der Waals surface area contributed by atoms with Gasteiger partial charge in [0.05, 0.1) is 20.8 Å². The molecule has 0 heterocycles. The van der Waals surface area contributed by atoms with Crippen LogP contribution in [0.4, 0.5) is 0 Å². The molecular weight excluding hydrogens is 364 g/mol. The summed E-state index contributed by atoms with van der Waals surface area (Å²) >= 11 is 0. The van der Waals surface area contributed by atoms with E-state index in [0.717, 1.165) is 5.56 Å². The summed E-state index contributed by atoms with van der Waals surface area (Å²) in [6, 6.07) is 12.5. The zero-order chi connectivity index (χ0) is 20.5. The van der Waals surface area contributed by atoms with Crippen LogP contribution in [0.15, 0.2) is 48.5 Å². The number of amides is 2. The van der Waals surface area contributed by atoms with Gasteiger partial charge in [-0.25, -0.2) is 4.79 Å². The SMILES string of the molecule is COc1ccc(C(=O)NCC(=O)N[C@H](Cc2ccccc2)C(=O)O)cc1OC. The summed E-state index contributed by atoms with van der Waals surface area (Å²) in [7, 11) is 2.93. The fourth-order valence-electron chi connectivity index (χ4n) is 2.54. The van der Waals surface area contributed by atoms with Crippen LogP contribution in [0.5, 0.6) is 11.5 Å². The summed E-state index contributed by atoms with van der Waals surface area (Å²) < 4.78 is 10.2. The fourth-order valence-corrected chi connectivity index (χ4v) is 2.54. The lowest BCUT2D eigenvalue weighted by molar-refractivity contribution is -0.141. The third-order valence-corrected chi connectivity index (χ3v) is 3.97. The van der Waals surface area contributed by atoms with Crippen molar-refractivity contribution < 1.29 is 29.0 Å². The number of rotatable bonds is 9. The summed E-state index contributed by atoms with van der Waals surface area (Å²) in [5, 5.41) is 14.2. The molecule has 3 N–H and O–H groups in total. The fraction of sp³-hybridized carbons (Fsp3) is 0.250. The third-order valence-electron chi connectivity index (χ3n) is 3.97. The van der Waals surface area contributed by atoms with Gasteiger partial charge in [0.1, 0.15) is 6.04 Å². The van der Waals surface area contributed by atoms with Crippen molar-refractivity contribution in [1.82, 2.24) is 10.6 Å². The number of ether oxygens (including phenoxy) is 2. The van der Waals surface area contributed by atoms with Crippen LogP contribution < -0.4 is 20.1 Å². The third kappa shape index (κ3) is 5.73. The number of benzene rings is 2. The average molecular weight is 386 g/mol. The molecule has 0 saturated carbocycles. The van der Waals surface area contributed by atoms with E-state index in [1.54, 1.807) is 30.3 Å². The van der Waals surface area contributed by atoms with Gasteiger partial charge in [0.2, 0.25) is 5.91 Å². The minimum atomic E-state index is -1.15. The molecule has 0 spiro atoms. The average Bonchev–Trinajstić information content (AvgIpc) is 2.71. The molecule has 2 aromatic rings. The summed E-state index contributed by atoms with van der Waals surface area (Å²) in [6.07, 6.45) is 0.144. The molecule has 0 fully saturated rings. The molecule has 1 atom stereocenters. The van der Waals surface area contributed by atoms with Crippen LogP contribution in [0.1, 0.15) is 15.9 Å². The van der Waals surface area contributed by atoms with Gasteiger partial charge >= 0.3 is 5.97 Å². The first-order chi connectivity index (χ1) is 13.4. The summed E-state index contributed by atoms with van der Waals surface area (Å²) in [6.45, 7) is -0.355. The van der Waals surface area contributed by atoms with Gasteiger partial charge < -0.3 is 25.2 Å². The van der Waals surface area contributed by atoms with Crippen LogP contribution in [-0.2, 0) is 16.0 Å². The molecule has 8 nitrogen and oxygen atoms in total. The molecule has 2 amide bonds. The molecule has 2 aromatic carbocycles. The quantitative estimate of drug-likeness (QED) is 0.598. The van der Waals surface area contributed by atoms with E-state index in [0.29, 0.717) is 11.5 Å². The van der Waals surface area contributed by atoms with Crippen LogP contribution in [-0.4, -0.2) is 49.7 Å². The number of hydrogen-bond donors (Lipinski definition) is 3. The summed E-state index contributed by atoms with van der Waals surface area (Å²) in [5.74, 6) is -1.39. The number of nitrogens with one attached hydrogen (secondary N) is 2. The van der Waals surface area contributed by atoms with Gasteiger partial charge in [-0.05, 0) is 23.8 Å². The van der Waals surface area contributed by atoms with Gasteiger partial charge in [-0.1, -0.05) is 30.3 Å². The first kappa shape index (κ1) is 20.8. The second-order valence-electron chi connectivity index (χ2n) is 5.90. The molecule has 0 aliphatic heterocycles. The smallest absolute Gasteiger partial charge is 0.326 e. The predicted octanol–water partition coefficient (Wildman–Crippen LogP) is 1.25. The van der Waals surface area contributed by atoms with Crippen molar-refractivity contribution >= 4 is 17.8 Å². The van der Waals surface area contributed by atoms with Crippen molar-refractivity contribution in [2.24, 2.45) is 0 Å². The molecule has 8 heteroatoms. The predicted molar refractivity (Wildman–Crippen MR) is 102 cm³/mol. The minimum Gasteiger partial charge on any atom is -0.493 e. The maximum atomic E-state index is 12.2. The maximum Gasteiger partial charge on any atom is 0.326 e. The van der Waals surface area contributed by atoms with E-state index in [1.165, 1.54) is 26.4 Å². The Bertz CT molecular complexity index is 838. The highest BCUT2D eigenvalue weighted by molar-refractivity contribution is 5.97. The van der Waals surface area contributed by atoms with Gasteiger partial charge in [0.25, 0.3) is 5.91 Å². The van der Waals surface area contributed by atoms with E-state index in [4.69, 9.17) is 9.47 Å². The first-order valence-corrected chi connectivity index (χ1v) is 8.51. The largest absolute Gasteiger partial charge is 0.493 e. The lowest BCUT2D eigenvalue weighted by Crippen LogP contribution is -2.46. The molecule has 0 saturated heterocycles. The van der Waals surface area contributed by atoms with Crippen LogP contribution in [0.3, 0.4) is 0 Å². The highest BCUT2D eigenvalue weighted by Gasteiger charge is 2.21. The number of methoxy groups -OCH3 is 2. The molecular formula is C20H22N2O6. The van der Waals surface area contributed by atoms with Gasteiger partial charge in [-0.15, -0.1) is 0 Å². The van der Waals surface area contributed by atoms with Crippen molar-refractivity contribution in [2.45, 2.75) is 12.5 Å². The topological polar surface area (TPSA) is 114 Å². The zero-order valence-electron chi connectivity index (χ0n) is 15.6. The lowest BCUT2D eigenvalue weighted by Gasteiger charge is -2.15. The molecule has 0 unspecified atom stereocenters. The Balaban J connectivity index is 1.93. The van der Waals surface area contributed by atoms with Crippen molar-refractivity contribution in [2.75, 3.05) is 20.8 Å². The highest BCUT2D eigenvalue weighted by Crippen LogP contribution is 2.27. The summed E-state index contributed by atoms with van der Waals surface area (Å²) in [5.41, 5.74) is 1.06. The Labute approximate surface area is 162 Å². The normalized spacial score (nSPS) is 11.2. The van der Waals surface area contributed by atoms with Crippen molar-refractivity contribution in [3.05, 3.63) is 59.7 Å². The monoisotopic (exact) mass is 386 g/mol. The van der Waals surface area contributed by atoms with Crippen molar-refractivity contribution in [3.63, 3.8) is 0 Å². The molecule has 148 valence electrons. The Hall–Kier alpha value is -3.55. The van der Waals surface area contributed by atoms with E-state index in [2.05, 4.69) is 10.6 Å². The van der Waals surface area contributed by atoms with E-state index in [9.17, 15) is 19.5 Å². The number of aliphatic carboxylic acids is 1. The van der Waals surface area contributed by atoms with Crippen LogP contribution in [0.25, 0.3) is 0 Å². The second kappa shape index (κ2) is 9.96.